The van der Waals surface area contributed by atoms with Gasteiger partial charge in [-0.25, -0.2) is 9.07 Å². The van der Waals surface area contributed by atoms with Crippen molar-refractivity contribution in [3.05, 3.63) is 40.9 Å². The second kappa shape index (κ2) is 4.97. The van der Waals surface area contributed by atoms with E-state index in [1.54, 1.807) is 24.4 Å². The zero-order valence-electron chi connectivity index (χ0n) is 10.6. The van der Waals surface area contributed by atoms with E-state index in [9.17, 15) is 4.39 Å². The van der Waals surface area contributed by atoms with Gasteiger partial charge < -0.3 is 0 Å². The lowest BCUT2D eigenvalue weighted by Gasteiger charge is -2.03. The van der Waals surface area contributed by atoms with Crippen LogP contribution in [0.2, 0.25) is 0 Å². The first kappa shape index (κ1) is 12.7. The van der Waals surface area contributed by atoms with Gasteiger partial charge in [-0.2, -0.15) is 4.80 Å². The number of para-hydroxylation sites is 1. The lowest BCUT2D eigenvalue weighted by atomic mass is 10.3. The third kappa shape index (κ3) is 2.03. The van der Waals surface area contributed by atoms with Crippen LogP contribution in [0.3, 0.4) is 0 Å². The molecule has 3 rings (SSSR count). The van der Waals surface area contributed by atoms with Gasteiger partial charge in [-0.15, -0.1) is 10.2 Å². The standard InChI is InChI=1S/C12H11FN6S/c1-2-18-16-11(15-17-18)8-7-14-19(12(8)20)10-6-4-3-5-9(10)13/h3-7,14H,2H2,1H3. The monoisotopic (exact) mass is 290 g/mol. The Balaban J connectivity index is 2.10. The van der Waals surface area contributed by atoms with Crippen molar-refractivity contribution in [1.82, 2.24) is 30.0 Å². The molecule has 2 aromatic heterocycles. The van der Waals surface area contributed by atoms with Crippen LogP contribution in [0.5, 0.6) is 0 Å². The predicted octanol–water partition coefficient (Wildman–Crippen LogP) is 2.35. The summed E-state index contributed by atoms with van der Waals surface area (Å²) in [6.45, 7) is 2.54. The van der Waals surface area contributed by atoms with E-state index in [0.717, 1.165) is 0 Å². The van der Waals surface area contributed by atoms with Crippen LogP contribution in [0.25, 0.3) is 17.1 Å². The number of rotatable bonds is 3. The van der Waals surface area contributed by atoms with Crippen molar-refractivity contribution >= 4 is 12.2 Å². The molecule has 0 amide bonds. The molecule has 0 radical (unpaired) electrons. The molecule has 0 saturated heterocycles. The number of nitrogens with one attached hydrogen (secondary N) is 1. The Morgan fingerprint density at radius 1 is 1.35 bits per heavy atom. The zero-order chi connectivity index (χ0) is 14.1. The highest BCUT2D eigenvalue weighted by molar-refractivity contribution is 7.71. The Bertz CT molecular complexity index is 802. The SMILES string of the molecule is CCn1nnc(-c2c[nH]n(-c3ccccc3F)c2=S)n1. The van der Waals surface area contributed by atoms with Crippen molar-refractivity contribution in [2.45, 2.75) is 13.5 Å². The highest BCUT2D eigenvalue weighted by Crippen LogP contribution is 2.19. The van der Waals surface area contributed by atoms with E-state index >= 15 is 0 Å². The second-order valence-corrected chi connectivity index (χ2v) is 4.47. The summed E-state index contributed by atoms with van der Waals surface area (Å²) in [4.78, 5) is 1.46. The number of hydrogen-bond donors (Lipinski definition) is 1. The van der Waals surface area contributed by atoms with Gasteiger partial charge in [0.2, 0.25) is 5.82 Å². The lowest BCUT2D eigenvalue weighted by molar-refractivity contribution is 0.553. The molecule has 20 heavy (non-hydrogen) atoms. The smallest absolute Gasteiger partial charge is 0.209 e. The first-order valence-corrected chi connectivity index (χ1v) is 6.45. The lowest BCUT2D eigenvalue weighted by Crippen LogP contribution is -1.99. The molecular formula is C12H11FN6S. The molecule has 0 aliphatic heterocycles. The maximum absolute atomic E-state index is 13.8. The average molecular weight is 290 g/mol. The van der Waals surface area contributed by atoms with Crippen molar-refractivity contribution < 1.29 is 4.39 Å². The number of aromatic nitrogens is 6. The highest BCUT2D eigenvalue weighted by Gasteiger charge is 2.13. The van der Waals surface area contributed by atoms with E-state index in [-0.39, 0.29) is 5.82 Å². The van der Waals surface area contributed by atoms with Crippen LogP contribution in [-0.2, 0) is 6.54 Å². The van der Waals surface area contributed by atoms with E-state index in [0.29, 0.717) is 28.3 Å². The molecule has 0 saturated carbocycles. The molecule has 3 aromatic rings. The van der Waals surface area contributed by atoms with Gasteiger partial charge in [0.15, 0.2) is 0 Å². The minimum atomic E-state index is -0.359. The highest BCUT2D eigenvalue weighted by atomic mass is 32.1. The minimum absolute atomic E-state index is 0.353. The number of benzene rings is 1. The third-order valence-electron chi connectivity index (χ3n) is 2.84. The van der Waals surface area contributed by atoms with Gasteiger partial charge in [-0.3, -0.25) is 5.10 Å². The van der Waals surface area contributed by atoms with E-state index in [1.807, 2.05) is 6.92 Å². The van der Waals surface area contributed by atoms with Crippen LogP contribution in [-0.4, -0.2) is 30.0 Å². The third-order valence-corrected chi connectivity index (χ3v) is 3.24. The number of halogens is 1. The maximum Gasteiger partial charge on any atom is 0.209 e. The van der Waals surface area contributed by atoms with Crippen LogP contribution in [0.4, 0.5) is 4.39 Å². The van der Waals surface area contributed by atoms with Crippen molar-refractivity contribution in [3.63, 3.8) is 0 Å². The summed E-state index contributed by atoms with van der Waals surface area (Å²) >= 11 is 5.34. The van der Waals surface area contributed by atoms with Crippen molar-refractivity contribution in [2.75, 3.05) is 0 Å². The first-order chi connectivity index (χ1) is 9.70. The number of tetrazole rings is 1. The van der Waals surface area contributed by atoms with Crippen LogP contribution >= 0.6 is 12.2 Å². The molecule has 0 aliphatic carbocycles. The van der Waals surface area contributed by atoms with E-state index in [4.69, 9.17) is 12.2 Å². The van der Waals surface area contributed by atoms with Gasteiger partial charge in [0, 0.05) is 6.20 Å². The van der Waals surface area contributed by atoms with Crippen LogP contribution < -0.4 is 0 Å². The first-order valence-electron chi connectivity index (χ1n) is 6.04. The van der Waals surface area contributed by atoms with Gasteiger partial charge in [0.05, 0.1) is 17.8 Å². The van der Waals surface area contributed by atoms with Crippen LogP contribution in [0.15, 0.2) is 30.5 Å². The summed E-state index contributed by atoms with van der Waals surface area (Å²) in [5, 5.41) is 14.9. The second-order valence-electron chi connectivity index (χ2n) is 4.08. The Kier molecular flexibility index (Phi) is 3.15. The Morgan fingerprint density at radius 2 is 2.15 bits per heavy atom. The number of aryl methyl sites for hydroxylation is 1. The summed E-state index contributed by atoms with van der Waals surface area (Å²) in [6.07, 6.45) is 1.64. The average Bonchev–Trinajstić information content (AvgIpc) is 3.06. The van der Waals surface area contributed by atoms with Gasteiger partial charge in [0.1, 0.15) is 10.5 Å². The van der Waals surface area contributed by atoms with E-state index < -0.39 is 0 Å². The van der Waals surface area contributed by atoms with Gasteiger partial charge in [-0.1, -0.05) is 24.4 Å². The Labute approximate surface area is 118 Å². The maximum atomic E-state index is 13.8. The van der Waals surface area contributed by atoms with Gasteiger partial charge in [-0.05, 0) is 24.3 Å². The topological polar surface area (TPSA) is 64.3 Å². The molecule has 2 heterocycles. The minimum Gasteiger partial charge on any atom is -0.299 e. The van der Waals surface area contributed by atoms with Crippen molar-refractivity contribution in [1.29, 1.82) is 0 Å². The number of aromatic amines is 1. The van der Waals surface area contributed by atoms with Crippen LogP contribution in [0.1, 0.15) is 6.92 Å². The molecule has 0 atom stereocenters. The largest absolute Gasteiger partial charge is 0.299 e. The van der Waals surface area contributed by atoms with Gasteiger partial charge >= 0.3 is 0 Å². The summed E-state index contributed by atoms with van der Waals surface area (Å²) < 4.78 is 15.7. The molecule has 1 aromatic carbocycles. The van der Waals surface area contributed by atoms with E-state index in [2.05, 4.69) is 20.5 Å². The van der Waals surface area contributed by atoms with E-state index in [1.165, 1.54) is 15.5 Å². The molecule has 0 fully saturated rings. The fourth-order valence-corrected chi connectivity index (χ4v) is 2.13. The molecule has 8 heteroatoms. The zero-order valence-corrected chi connectivity index (χ0v) is 11.4. The molecule has 6 nitrogen and oxygen atoms in total. The Morgan fingerprint density at radius 3 is 2.85 bits per heavy atom. The molecule has 102 valence electrons. The molecule has 0 unspecified atom stereocenters. The fourth-order valence-electron chi connectivity index (χ4n) is 1.83. The quantitative estimate of drug-likeness (QED) is 0.752. The molecule has 0 bridgehead atoms. The van der Waals surface area contributed by atoms with Crippen molar-refractivity contribution in [2.24, 2.45) is 0 Å². The van der Waals surface area contributed by atoms with Crippen LogP contribution in [0, 0.1) is 10.5 Å². The number of nitrogens with zero attached hydrogens (tertiary/aromatic N) is 5. The molecule has 0 aliphatic rings. The Hall–Kier alpha value is -2.35. The summed E-state index contributed by atoms with van der Waals surface area (Å²) in [5.41, 5.74) is 0.967. The summed E-state index contributed by atoms with van der Waals surface area (Å²) in [7, 11) is 0. The van der Waals surface area contributed by atoms with Gasteiger partial charge in [0.25, 0.3) is 0 Å². The molecule has 1 N–H and O–H groups in total. The fraction of sp³-hybridized carbons (Fsp3) is 0.167. The summed E-state index contributed by atoms with van der Waals surface area (Å²) in [5.74, 6) is 0.0605. The molecule has 0 spiro atoms. The number of H-pyrrole nitrogens is 1. The summed E-state index contributed by atoms with van der Waals surface area (Å²) in [6, 6.07) is 6.39. The van der Waals surface area contributed by atoms with Crippen molar-refractivity contribution in [3.8, 4) is 17.1 Å². The predicted molar refractivity (Wildman–Crippen MR) is 73.4 cm³/mol. The molecular weight excluding hydrogens is 279 g/mol. The normalized spacial score (nSPS) is 10.9. The number of hydrogen-bond acceptors (Lipinski definition) is 4.